The van der Waals surface area contributed by atoms with Gasteiger partial charge in [0.05, 0.1) is 0 Å². The molecule has 0 aliphatic heterocycles. The summed E-state index contributed by atoms with van der Waals surface area (Å²) in [5.74, 6) is 0.627. The maximum atomic E-state index is 13.4. The van der Waals surface area contributed by atoms with E-state index < -0.39 is 0 Å². The molecular formula is C14H16FN3. The molecule has 2 aromatic rings. The average molecular weight is 245 g/mol. The van der Waals surface area contributed by atoms with Crippen molar-refractivity contribution < 1.29 is 4.39 Å². The third-order valence-corrected chi connectivity index (χ3v) is 2.56. The molecule has 0 spiro atoms. The number of rotatable bonds is 5. The molecule has 1 aromatic heterocycles. The van der Waals surface area contributed by atoms with E-state index in [1.807, 2.05) is 25.1 Å². The summed E-state index contributed by atoms with van der Waals surface area (Å²) in [6, 6.07) is 10.5. The van der Waals surface area contributed by atoms with Gasteiger partial charge >= 0.3 is 0 Å². The van der Waals surface area contributed by atoms with Gasteiger partial charge in [0, 0.05) is 36.6 Å². The van der Waals surface area contributed by atoms with Crippen LogP contribution in [0.15, 0.2) is 42.6 Å². The minimum Gasteiger partial charge on any atom is -0.381 e. The quantitative estimate of drug-likeness (QED) is 0.849. The zero-order chi connectivity index (χ0) is 12.8. The van der Waals surface area contributed by atoms with Gasteiger partial charge in [-0.15, -0.1) is 0 Å². The van der Waals surface area contributed by atoms with Gasteiger partial charge in [0.15, 0.2) is 0 Å². The summed E-state index contributed by atoms with van der Waals surface area (Å²) in [6.45, 7) is 3.30. The van der Waals surface area contributed by atoms with Crippen molar-refractivity contribution >= 4 is 11.5 Å². The van der Waals surface area contributed by atoms with Crippen molar-refractivity contribution in [2.75, 3.05) is 17.2 Å². The predicted molar refractivity (Wildman–Crippen MR) is 72.1 cm³/mol. The molecule has 94 valence electrons. The monoisotopic (exact) mass is 245 g/mol. The second-order valence-corrected chi connectivity index (χ2v) is 3.91. The molecular weight excluding hydrogens is 229 g/mol. The Hall–Kier alpha value is -2.10. The van der Waals surface area contributed by atoms with Crippen LogP contribution < -0.4 is 10.6 Å². The molecule has 1 heterocycles. The average Bonchev–Trinajstić information content (AvgIpc) is 2.39. The topological polar surface area (TPSA) is 37.0 Å². The van der Waals surface area contributed by atoms with Gasteiger partial charge in [-0.25, -0.2) is 9.37 Å². The van der Waals surface area contributed by atoms with Gasteiger partial charge in [0.1, 0.15) is 11.6 Å². The first-order chi connectivity index (χ1) is 8.79. The maximum Gasteiger partial charge on any atom is 0.128 e. The highest BCUT2D eigenvalue weighted by atomic mass is 19.1. The van der Waals surface area contributed by atoms with E-state index in [1.165, 1.54) is 6.07 Å². The Morgan fingerprint density at radius 3 is 2.78 bits per heavy atom. The van der Waals surface area contributed by atoms with Crippen molar-refractivity contribution in [3.05, 3.63) is 54.0 Å². The molecule has 0 bridgehead atoms. The van der Waals surface area contributed by atoms with Crippen LogP contribution in [0, 0.1) is 5.82 Å². The molecule has 1 aromatic carbocycles. The number of hydrogen-bond donors (Lipinski definition) is 2. The van der Waals surface area contributed by atoms with Gasteiger partial charge in [0.2, 0.25) is 0 Å². The van der Waals surface area contributed by atoms with Crippen molar-refractivity contribution in [2.24, 2.45) is 0 Å². The van der Waals surface area contributed by atoms with Crippen LogP contribution in [-0.4, -0.2) is 11.5 Å². The molecule has 3 nitrogen and oxygen atoms in total. The molecule has 2 N–H and O–H groups in total. The van der Waals surface area contributed by atoms with Crippen LogP contribution >= 0.6 is 0 Å². The summed E-state index contributed by atoms with van der Waals surface area (Å²) < 4.78 is 13.4. The number of aromatic nitrogens is 1. The summed E-state index contributed by atoms with van der Waals surface area (Å²) in [6.07, 6.45) is 1.72. The first-order valence-electron chi connectivity index (χ1n) is 5.97. The minimum atomic E-state index is -0.189. The Morgan fingerprint density at radius 1 is 1.17 bits per heavy atom. The molecule has 0 aliphatic rings. The Balaban J connectivity index is 2.02. The lowest BCUT2D eigenvalue weighted by atomic mass is 10.2. The normalized spacial score (nSPS) is 10.1. The van der Waals surface area contributed by atoms with Crippen molar-refractivity contribution in [1.82, 2.24) is 4.98 Å². The zero-order valence-electron chi connectivity index (χ0n) is 10.3. The zero-order valence-corrected chi connectivity index (χ0v) is 10.3. The lowest BCUT2D eigenvalue weighted by Gasteiger charge is -2.09. The van der Waals surface area contributed by atoms with Crippen molar-refractivity contribution in [2.45, 2.75) is 13.5 Å². The van der Waals surface area contributed by atoms with E-state index in [4.69, 9.17) is 0 Å². The molecule has 0 saturated carbocycles. The van der Waals surface area contributed by atoms with Gasteiger partial charge in [-0.3, -0.25) is 0 Å². The van der Waals surface area contributed by atoms with E-state index >= 15 is 0 Å². The maximum absolute atomic E-state index is 13.4. The van der Waals surface area contributed by atoms with E-state index in [0.29, 0.717) is 12.1 Å². The van der Waals surface area contributed by atoms with Gasteiger partial charge < -0.3 is 10.6 Å². The molecule has 4 heteroatoms. The Morgan fingerprint density at radius 2 is 2.00 bits per heavy atom. The summed E-state index contributed by atoms with van der Waals surface area (Å²) in [5, 5.41) is 6.31. The molecule has 0 amide bonds. The van der Waals surface area contributed by atoms with Crippen molar-refractivity contribution in [3.63, 3.8) is 0 Å². The molecule has 0 aliphatic carbocycles. The van der Waals surface area contributed by atoms with E-state index in [-0.39, 0.29) is 5.82 Å². The van der Waals surface area contributed by atoms with Crippen molar-refractivity contribution in [3.8, 4) is 0 Å². The van der Waals surface area contributed by atoms with Gasteiger partial charge in [-0.05, 0) is 19.1 Å². The number of hydrogen-bond acceptors (Lipinski definition) is 3. The lowest BCUT2D eigenvalue weighted by Crippen LogP contribution is -2.03. The summed E-state index contributed by atoms with van der Waals surface area (Å²) in [7, 11) is 0. The fraction of sp³-hybridized carbons (Fsp3) is 0.214. The van der Waals surface area contributed by atoms with Gasteiger partial charge in [-0.1, -0.05) is 18.2 Å². The predicted octanol–water partition coefficient (Wildman–Crippen LogP) is 3.26. The third kappa shape index (κ3) is 3.20. The lowest BCUT2D eigenvalue weighted by molar-refractivity contribution is 0.613. The van der Waals surface area contributed by atoms with Crippen LogP contribution in [0.25, 0.3) is 0 Å². The Bertz CT molecular complexity index is 514. The van der Waals surface area contributed by atoms with E-state index in [2.05, 4.69) is 15.6 Å². The van der Waals surface area contributed by atoms with E-state index in [1.54, 1.807) is 18.3 Å². The fourth-order valence-electron chi connectivity index (χ4n) is 1.66. The number of halogens is 1. The first-order valence-corrected chi connectivity index (χ1v) is 5.97. The smallest absolute Gasteiger partial charge is 0.128 e. The summed E-state index contributed by atoms with van der Waals surface area (Å²) in [4.78, 5) is 4.18. The van der Waals surface area contributed by atoms with Crippen LogP contribution in [0.3, 0.4) is 0 Å². The van der Waals surface area contributed by atoms with Crippen LogP contribution in [0.4, 0.5) is 15.9 Å². The van der Waals surface area contributed by atoms with Gasteiger partial charge in [0.25, 0.3) is 0 Å². The second kappa shape index (κ2) is 6.00. The number of nitrogens with zero attached hydrogens (tertiary/aromatic N) is 1. The number of anilines is 2. The van der Waals surface area contributed by atoms with Gasteiger partial charge in [-0.2, -0.15) is 0 Å². The highest BCUT2D eigenvalue weighted by Gasteiger charge is 2.01. The molecule has 0 radical (unpaired) electrons. The molecule has 18 heavy (non-hydrogen) atoms. The highest BCUT2D eigenvalue weighted by molar-refractivity contribution is 5.52. The largest absolute Gasteiger partial charge is 0.381 e. The standard InChI is InChI=1S/C14H16FN3/c1-2-16-14-9-12(7-8-17-14)18-10-11-5-3-4-6-13(11)15/h3-9H,2,10H2,1H3,(H2,16,17,18). The number of benzene rings is 1. The summed E-state index contributed by atoms with van der Waals surface area (Å²) in [5.41, 5.74) is 1.57. The van der Waals surface area contributed by atoms with Crippen LogP contribution in [0.5, 0.6) is 0 Å². The number of pyridine rings is 1. The molecule has 0 saturated heterocycles. The minimum absolute atomic E-state index is 0.189. The van der Waals surface area contributed by atoms with E-state index in [9.17, 15) is 4.39 Å². The fourth-order valence-corrected chi connectivity index (χ4v) is 1.66. The SMILES string of the molecule is CCNc1cc(NCc2ccccc2F)ccn1. The summed E-state index contributed by atoms with van der Waals surface area (Å²) >= 11 is 0. The molecule has 0 unspecified atom stereocenters. The van der Waals surface area contributed by atoms with E-state index in [0.717, 1.165) is 18.1 Å². The first kappa shape index (κ1) is 12.4. The third-order valence-electron chi connectivity index (χ3n) is 2.56. The Labute approximate surface area is 106 Å². The van der Waals surface area contributed by atoms with Crippen LogP contribution in [0.2, 0.25) is 0 Å². The highest BCUT2D eigenvalue weighted by Crippen LogP contribution is 2.14. The number of nitrogens with one attached hydrogen (secondary N) is 2. The molecule has 0 fully saturated rings. The Kier molecular flexibility index (Phi) is 4.12. The van der Waals surface area contributed by atoms with Crippen LogP contribution in [0.1, 0.15) is 12.5 Å². The van der Waals surface area contributed by atoms with Crippen LogP contribution in [-0.2, 0) is 6.54 Å². The van der Waals surface area contributed by atoms with Crippen molar-refractivity contribution in [1.29, 1.82) is 0 Å². The molecule has 2 rings (SSSR count). The molecule has 0 atom stereocenters. The second-order valence-electron chi connectivity index (χ2n) is 3.91.